The van der Waals surface area contributed by atoms with E-state index in [9.17, 15) is 13.2 Å². The molecule has 2 atom stereocenters. The second-order valence-electron chi connectivity index (χ2n) is 5.79. The van der Waals surface area contributed by atoms with E-state index in [-0.39, 0.29) is 12.1 Å². The minimum atomic E-state index is -4.29. The maximum atomic E-state index is 12.9. The number of alkyl halides is 3. The molecule has 0 radical (unpaired) electrons. The lowest BCUT2D eigenvalue weighted by Gasteiger charge is -2.50. The molecule has 116 valence electrons. The SMILES string of the molecule is CNC(c1cccc(C(F)(F)F)c1)C1CN2CCN1CC2. The van der Waals surface area contributed by atoms with Crippen LogP contribution in [0.1, 0.15) is 17.2 Å². The van der Waals surface area contributed by atoms with E-state index >= 15 is 0 Å². The molecule has 0 aromatic heterocycles. The van der Waals surface area contributed by atoms with Gasteiger partial charge < -0.3 is 5.32 Å². The largest absolute Gasteiger partial charge is 0.416 e. The molecule has 6 heteroatoms. The van der Waals surface area contributed by atoms with Gasteiger partial charge in [0.25, 0.3) is 0 Å². The summed E-state index contributed by atoms with van der Waals surface area (Å²) in [6.45, 7) is 5.05. The highest BCUT2D eigenvalue weighted by Crippen LogP contribution is 2.33. The zero-order valence-electron chi connectivity index (χ0n) is 12.0. The number of nitrogens with zero attached hydrogens (tertiary/aromatic N) is 2. The molecule has 3 aliphatic heterocycles. The standard InChI is InChI=1S/C15H20F3N3/c1-19-14(13-10-20-5-7-21(13)8-6-20)11-3-2-4-12(9-11)15(16,17)18/h2-4,9,13-14,19H,5-8,10H2,1H3. The van der Waals surface area contributed by atoms with Crippen LogP contribution in [0.4, 0.5) is 13.2 Å². The van der Waals surface area contributed by atoms with E-state index in [1.54, 1.807) is 6.07 Å². The summed E-state index contributed by atoms with van der Waals surface area (Å²) < 4.78 is 38.7. The first-order valence-electron chi connectivity index (χ1n) is 7.30. The number of hydrogen-bond acceptors (Lipinski definition) is 3. The average molecular weight is 299 g/mol. The lowest BCUT2D eigenvalue weighted by Crippen LogP contribution is -2.63. The van der Waals surface area contributed by atoms with E-state index < -0.39 is 11.7 Å². The number of halogens is 3. The monoisotopic (exact) mass is 299 g/mol. The van der Waals surface area contributed by atoms with E-state index in [0.29, 0.717) is 5.56 Å². The van der Waals surface area contributed by atoms with Crippen molar-refractivity contribution in [2.45, 2.75) is 18.3 Å². The van der Waals surface area contributed by atoms with Gasteiger partial charge in [0, 0.05) is 44.8 Å². The summed E-state index contributed by atoms with van der Waals surface area (Å²) >= 11 is 0. The quantitative estimate of drug-likeness (QED) is 0.920. The molecule has 3 aliphatic rings. The minimum Gasteiger partial charge on any atom is -0.312 e. The van der Waals surface area contributed by atoms with Gasteiger partial charge in [-0.1, -0.05) is 12.1 Å². The topological polar surface area (TPSA) is 18.5 Å². The molecular weight excluding hydrogens is 279 g/mol. The number of nitrogens with one attached hydrogen (secondary N) is 1. The second kappa shape index (κ2) is 5.59. The maximum Gasteiger partial charge on any atom is 0.416 e. The molecule has 0 saturated carbocycles. The molecule has 0 amide bonds. The van der Waals surface area contributed by atoms with Gasteiger partial charge in [-0.2, -0.15) is 13.2 Å². The molecule has 3 nitrogen and oxygen atoms in total. The summed E-state index contributed by atoms with van der Waals surface area (Å²) in [5, 5.41) is 3.22. The molecule has 21 heavy (non-hydrogen) atoms. The smallest absolute Gasteiger partial charge is 0.312 e. The second-order valence-corrected chi connectivity index (χ2v) is 5.79. The number of piperazine rings is 3. The Kier molecular flexibility index (Phi) is 3.94. The summed E-state index contributed by atoms with van der Waals surface area (Å²) in [6.07, 6.45) is -4.29. The van der Waals surface area contributed by atoms with Crippen molar-refractivity contribution in [2.24, 2.45) is 0 Å². The van der Waals surface area contributed by atoms with Crippen LogP contribution in [0.25, 0.3) is 0 Å². The third-order valence-electron chi connectivity index (χ3n) is 4.59. The first-order chi connectivity index (χ1) is 9.99. The third-order valence-corrected chi connectivity index (χ3v) is 4.59. The Morgan fingerprint density at radius 1 is 1.19 bits per heavy atom. The van der Waals surface area contributed by atoms with Crippen molar-refractivity contribution in [1.82, 2.24) is 15.1 Å². The molecule has 2 unspecified atom stereocenters. The molecule has 2 bridgehead atoms. The fourth-order valence-corrected chi connectivity index (χ4v) is 3.46. The van der Waals surface area contributed by atoms with Crippen molar-refractivity contribution in [3.63, 3.8) is 0 Å². The Bertz CT molecular complexity index is 495. The molecule has 0 spiro atoms. The number of likely N-dealkylation sites (N-methyl/N-ethyl adjacent to an activating group) is 1. The predicted molar refractivity (Wildman–Crippen MR) is 75.0 cm³/mol. The van der Waals surface area contributed by atoms with Crippen molar-refractivity contribution < 1.29 is 13.2 Å². The molecular formula is C15H20F3N3. The van der Waals surface area contributed by atoms with Crippen molar-refractivity contribution in [3.05, 3.63) is 35.4 Å². The zero-order chi connectivity index (χ0) is 15.0. The Morgan fingerprint density at radius 3 is 2.43 bits per heavy atom. The van der Waals surface area contributed by atoms with Gasteiger partial charge in [0.15, 0.2) is 0 Å². The van der Waals surface area contributed by atoms with Crippen molar-refractivity contribution in [3.8, 4) is 0 Å². The van der Waals surface area contributed by atoms with Gasteiger partial charge in [-0.25, -0.2) is 0 Å². The minimum absolute atomic E-state index is 0.0737. The number of hydrogen-bond donors (Lipinski definition) is 1. The van der Waals surface area contributed by atoms with E-state index in [1.165, 1.54) is 12.1 Å². The van der Waals surface area contributed by atoms with Crippen LogP contribution in [0.2, 0.25) is 0 Å². The molecule has 3 fully saturated rings. The van der Waals surface area contributed by atoms with Gasteiger partial charge in [0.2, 0.25) is 0 Å². The van der Waals surface area contributed by atoms with Gasteiger partial charge >= 0.3 is 6.18 Å². The summed E-state index contributed by atoms with van der Waals surface area (Å²) in [5.41, 5.74) is 0.141. The van der Waals surface area contributed by atoms with Crippen molar-refractivity contribution >= 4 is 0 Å². The van der Waals surface area contributed by atoms with Gasteiger partial charge in [0.1, 0.15) is 0 Å². The van der Waals surface area contributed by atoms with Gasteiger partial charge in [-0.3, -0.25) is 9.80 Å². The van der Waals surface area contributed by atoms with Gasteiger partial charge in [0.05, 0.1) is 5.56 Å². The van der Waals surface area contributed by atoms with E-state index in [4.69, 9.17) is 0 Å². The normalized spacial score (nSPS) is 30.4. The number of benzene rings is 1. The molecule has 1 aromatic rings. The van der Waals surface area contributed by atoms with Crippen LogP contribution < -0.4 is 5.32 Å². The maximum absolute atomic E-state index is 12.9. The lowest BCUT2D eigenvalue weighted by molar-refractivity contribution is -0.137. The Hall–Kier alpha value is -1.11. The van der Waals surface area contributed by atoms with Crippen LogP contribution in [0.3, 0.4) is 0 Å². The fourth-order valence-electron chi connectivity index (χ4n) is 3.46. The molecule has 3 saturated heterocycles. The Balaban J connectivity index is 1.86. The van der Waals surface area contributed by atoms with Crippen LogP contribution in [0, 0.1) is 0 Å². The van der Waals surface area contributed by atoms with Crippen molar-refractivity contribution in [1.29, 1.82) is 0 Å². The summed E-state index contributed by atoms with van der Waals surface area (Å²) in [7, 11) is 1.82. The zero-order valence-corrected chi connectivity index (χ0v) is 12.0. The summed E-state index contributed by atoms with van der Waals surface area (Å²) in [6, 6.07) is 5.86. The average Bonchev–Trinajstić information content (AvgIpc) is 2.49. The number of rotatable bonds is 3. The van der Waals surface area contributed by atoms with Crippen LogP contribution >= 0.6 is 0 Å². The van der Waals surface area contributed by atoms with Crippen LogP contribution in [-0.2, 0) is 6.18 Å². The van der Waals surface area contributed by atoms with Gasteiger partial charge in [-0.05, 0) is 24.7 Å². The molecule has 3 heterocycles. The van der Waals surface area contributed by atoms with Crippen molar-refractivity contribution in [2.75, 3.05) is 39.8 Å². The summed E-state index contributed by atoms with van der Waals surface area (Å²) in [4.78, 5) is 4.78. The highest BCUT2D eigenvalue weighted by molar-refractivity contribution is 5.29. The van der Waals surface area contributed by atoms with E-state index in [0.717, 1.165) is 38.8 Å². The number of fused-ring (bicyclic) bond motifs is 3. The van der Waals surface area contributed by atoms with E-state index in [1.807, 2.05) is 7.05 Å². The lowest BCUT2D eigenvalue weighted by atomic mass is 9.93. The highest BCUT2D eigenvalue weighted by Gasteiger charge is 2.38. The molecule has 1 N–H and O–H groups in total. The van der Waals surface area contributed by atoms with E-state index in [2.05, 4.69) is 15.1 Å². The van der Waals surface area contributed by atoms with Crippen LogP contribution in [-0.4, -0.2) is 55.6 Å². The summed E-state index contributed by atoms with van der Waals surface area (Å²) in [5.74, 6) is 0. The Labute approximate surface area is 122 Å². The first-order valence-corrected chi connectivity index (χ1v) is 7.30. The third kappa shape index (κ3) is 2.93. The Morgan fingerprint density at radius 2 is 1.90 bits per heavy atom. The predicted octanol–water partition coefficient (Wildman–Crippen LogP) is 1.97. The van der Waals surface area contributed by atoms with Crippen LogP contribution in [0.5, 0.6) is 0 Å². The fraction of sp³-hybridized carbons (Fsp3) is 0.600. The van der Waals surface area contributed by atoms with Crippen LogP contribution in [0.15, 0.2) is 24.3 Å². The molecule has 1 aromatic carbocycles. The molecule has 4 rings (SSSR count). The first kappa shape index (κ1) is 14.8. The highest BCUT2D eigenvalue weighted by atomic mass is 19.4. The van der Waals surface area contributed by atoms with Gasteiger partial charge in [-0.15, -0.1) is 0 Å². The molecule has 0 aliphatic carbocycles.